The van der Waals surface area contributed by atoms with Gasteiger partial charge in [-0.3, -0.25) is 19.8 Å². The molecule has 7 nitrogen and oxygen atoms in total. The van der Waals surface area contributed by atoms with Crippen LogP contribution in [0.3, 0.4) is 0 Å². The number of amides is 1. The third-order valence-electron chi connectivity index (χ3n) is 6.59. The molecule has 1 aliphatic rings. The SMILES string of the molecule is CCc1ccccc1N=C1SC(=Cc2ccc(-c3ccc([N+](=O)[O-])cc3C)o2)C(=O)N1c1ccccc1CC. The minimum absolute atomic E-state index is 0.0296. The molecule has 1 aliphatic heterocycles. The van der Waals surface area contributed by atoms with Crippen LogP contribution in [-0.2, 0) is 17.6 Å². The van der Waals surface area contributed by atoms with Crippen molar-refractivity contribution in [3.8, 4) is 11.3 Å². The second-order valence-corrected chi connectivity index (χ2v) is 10.1. The molecule has 5 rings (SSSR count). The Balaban J connectivity index is 1.54. The molecule has 0 bridgehead atoms. The Hall–Kier alpha value is -4.43. The van der Waals surface area contributed by atoms with Crippen LogP contribution in [0.1, 0.15) is 36.3 Å². The van der Waals surface area contributed by atoms with Crippen LogP contribution in [0.4, 0.5) is 17.1 Å². The number of hydrogen-bond donors (Lipinski definition) is 0. The summed E-state index contributed by atoms with van der Waals surface area (Å²) < 4.78 is 6.07. The number of nitro benzene ring substituents is 1. The second-order valence-electron chi connectivity index (χ2n) is 9.07. The lowest BCUT2D eigenvalue weighted by molar-refractivity contribution is -0.384. The van der Waals surface area contributed by atoms with Gasteiger partial charge in [-0.15, -0.1) is 0 Å². The second kappa shape index (κ2) is 11.1. The van der Waals surface area contributed by atoms with E-state index in [2.05, 4.69) is 13.8 Å². The number of carbonyl (C=O) groups excluding carboxylic acids is 1. The lowest BCUT2D eigenvalue weighted by Crippen LogP contribution is -2.29. The van der Waals surface area contributed by atoms with Crippen molar-refractivity contribution in [1.29, 1.82) is 0 Å². The molecule has 0 radical (unpaired) electrons. The van der Waals surface area contributed by atoms with Crippen molar-refractivity contribution in [3.05, 3.63) is 116 Å². The Morgan fingerprint density at radius 2 is 1.69 bits per heavy atom. The van der Waals surface area contributed by atoms with Crippen molar-refractivity contribution in [2.24, 2.45) is 4.99 Å². The first kappa shape index (κ1) is 26.2. The summed E-state index contributed by atoms with van der Waals surface area (Å²) in [6.07, 6.45) is 3.34. The van der Waals surface area contributed by atoms with E-state index in [1.54, 1.807) is 36.1 Å². The molecular weight excluding hydrogens is 510 g/mol. The fourth-order valence-corrected chi connectivity index (χ4v) is 5.52. The molecule has 4 aromatic rings. The van der Waals surface area contributed by atoms with Gasteiger partial charge in [0.2, 0.25) is 0 Å². The van der Waals surface area contributed by atoms with Crippen LogP contribution in [0, 0.1) is 17.0 Å². The molecule has 3 aromatic carbocycles. The maximum absolute atomic E-state index is 13.8. The van der Waals surface area contributed by atoms with Crippen molar-refractivity contribution in [1.82, 2.24) is 0 Å². The highest BCUT2D eigenvalue weighted by molar-refractivity contribution is 8.19. The lowest BCUT2D eigenvalue weighted by atomic mass is 10.1. The number of anilines is 1. The fraction of sp³-hybridized carbons (Fsp3) is 0.161. The number of para-hydroxylation sites is 2. The number of amidine groups is 1. The Kier molecular flexibility index (Phi) is 7.47. The van der Waals surface area contributed by atoms with Gasteiger partial charge in [0, 0.05) is 23.8 Å². The molecule has 0 atom stereocenters. The Labute approximate surface area is 231 Å². The molecule has 0 saturated carbocycles. The Morgan fingerprint density at radius 1 is 0.974 bits per heavy atom. The monoisotopic (exact) mass is 537 g/mol. The number of non-ortho nitro benzene ring substituents is 1. The fourth-order valence-electron chi connectivity index (χ4n) is 4.55. The smallest absolute Gasteiger partial charge is 0.271 e. The van der Waals surface area contributed by atoms with Crippen molar-refractivity contribution >= 4 is 46.0 Å². The molecule has 0 N–H and O–H groups in total. The van der Waals surface area contributed by atoms with Crippen LogP contribution in [0.25, 0.3) is 17.4 Å². The summed E-state index contributed by atoms with van der Waals surface area (Å²) in [5.41, 5.74) is 5.33. The van der Waals surface area contributed by atoms with E-state index in [4.69, 9.17) is 9.41 Å². The summed E-state index contributed by atoms with van der Waals surface area (Å²) >= 11 is 1.32. The van der Waals surface area contributed by atoms with Crippen LogP contribution < -0.4 is 4.90 Å². The minimum atomic E-state index is -0.418. The first-order chi connectivity index (χ1) is 18.9. The molecule has 1 fully saturated rings. The van der Waals surface area contributed by atoms with E-state index in [0.29, 0.717) is 21.6 Å². The number of rotatable bonds is 7. The summed E-state index contributed by atoms with van der Waals surface area (Å²) in [7, 11) is 0. The van der Waals surface area contributed by atoms with Gasteiger partial charge in [-0.2, -0.15) is 0 Å². The highest BCUT2D eigenvalue weighted by Gasteiger charge is 2.36. The van der Waals surface area contributed by atoms with Crippen LogP contribution in [0.2, 0.25) is 0 Å². The van der Waals surface area contributed by atoms with Crippen LogP contribution >= 0.6 is 11.8 Å². The molecular formula is C31H27N3O4S. The summed E-state index contributed by atoms with van der Waals surface area (Å²) in [6.45, 7) is 5.96. The number of furan rings is 1. The molecule has 196 valence electrons. The normalized spacial score (nSPS) is 15.5. The van der Waals surface area contributed by atoms with E-state index in [9.17, 15) is 14.9 Å². The van der Waals surface area contributed by atoms with E-state index >= 15 is 0 Å². The zero-order chi connectivity index (χ0) is 27.5. The van der Waals surface area contributed by atoms with Gasteiger partial charge in [0.1, 0.15) is 11.5 Å². The number of thioether (sulfide) groups is 1. The maximum atomic E-state index is 13.8. The molecule has 0 unspecified atom stereocenters. The lowest BCUT2D eigenvalue weighted by Gasteiger charge is -2.19. The number of benzene rings is 3. The number of aryl methyl sites for hydroxylation is 3. The number of nitrogens with zero attached hydrogens (tertiary/aromatic N) is 3. The van der Waals surface area contributed by atoms with Gasteiger partial charge >= 0.3 is 0 Å². The number of aliphatic imine (C=N–C) groups is 1. The number of carbonyl (C=O) groups is 1. The van der Waals surface area contributed by atoms with E-state index in [1.165, 1.54) is 23.9 Å². The summed E-state index contributed by atoms with van der Waals surface area (Å²) in [6, 6.07) is 24.1. The third kappa shape index (κ3) is 5.28. The predicted octanol–water partition coefficient (Wildman–Crippen LogP) is 8.10. The van der Waals surface area contributed by atoms with Crippen molar-refractivity contribution in [2.75, 3.05) is 4.90 Å². The predicted molar refractivity (Wildman–Crippen MR) is 157 cm³/mol. The average molecular weight is 538 g/mol. The molecule has 1 saturated heterocycles. The van der Waals surface area contributed by atoms with E-state index in [1.807, 2.05) is 48.5 Å². The average Bonchev–Trinajstić information content (AvgIpc) is 3.52. The maximum Gasteiger partial charge on any atom is 0.271 e. The Bertz CT molecular complexity index is 1640. The Morgan fingerprint density at radius 3 is 2.41 bits per heavy atom. The minimum Gasteiger partial charge on any atom is -0.457 e. The van der Waals surface area contributed by atoms with E-state index in [-0.39, 0.29) is 11.6 Å². The van der Waals surface area contributed by atoms with Crippen LogP contribution in [-0.4, -0.2) is 16.0 Å². The quantitative estimate of drug-likeness (QED) is 0.135. The highest BCUT2D eigenvalue weighted by atomic mass is 32.2. The van der Waals surface area contributed by atoms with Gasteiger partial charge in [-0.25, -0.2) is 4.99 Å². The van der Waals surface area contributed by atoms with Crippen molar-refractivity contribution in [3.63, 3.8) is 0 Å². The van der Waals surface area contributed by atoms with E-state index in [0.717, 1.165) is 46.5 Å². The molecule has 2 heterocycles. The van der Waals surface area contributed by atoms with Gasteiger partial charge in [-0.05, 0) is 78.5 Å². The van der Waals surface area contributed by atoms with Crippen molar-refractivity contribution in [2.45, 2.75) is 33.6 Å². The summed E-state index contributed by atoms with van der Waals surface area (Å²) in [4.78, 5) is 31.6. The largest absolute Gasteiger partial charge is 0.457 e. The summed E-state index contributed by atoms with van der Waals surface area (Å²) in [5, 5.41) is 11.7. The number of hydrogen-bond acceptors (Lipinski definition) is 6. The first-order valence-electron chi connectivity index (χ1n) is 12.7. The third-order valence-corrected chi connectivity index (χ3v) is 7.56. The molecule has 0 spiro atoms. The zero-order valence-electron chi connectivity index (χ0n) is 21.9. The number of nitro groups is 1. The van der Waals surface area contributed by atoms with Gasteiger partial charge in [-0.1, -0.05) is 50.2 Å². The van der Waals surface area contributed by atoms with Crippen LogP contribution in [0.15, 0.2) is 93.2 Å². The van der Waals surface area contributed by atoms with Crippen LogP contribution in [0.5, 0.6) is 0 Å². The molecule has 8 heteroatoms. The van der Waals surface area contributed by atoms with Gasteiger partial charge in [0.05, 0.1) is 21.2 Å². The topological polar surface area (TPSA) is 89.0 Å². The van der Waals surface area contributed by atoms with E-state index < -0.39 is 4.92 Å². The first-order valence-corrected chi connectivity index (χ1v) is 13.5. The molecule has 1 amide bonds. The molecule has 1 aromatic heterocycles. The standard InChI is InChI=1S/C31H27N3O4S/c1-4-21-10-6-8-12-26(21)32-31-33(27-13-9-7-11-22(27)5-2)30(35)29(39-31)19-24-15-17-28(38-24)25-16-14-23(34(36)37)18-20(25)3/h6-19H,4-5H2,1-3H3. The van der Waals surface area contributed by atoms with Gasteiger partial charge < -0.3 is 4.42 Å². The summed E-state index contributed by atoms with van der Waals surface area (Å²) in [5.74, 6) is 0.916. The van der Waals surface area contributed by atoms with Crippen molar-refractivity contribution < 1.29 is 14.1 Å². The zero-order valence-corrected chi connectivity index (χ0v) is 22.7. The van der Waals surface area contributed by atoms with Gasteiger partial charge in [0.25, 0.3) is 11.6 Å². The highest BCUT2D eigenvalue weighted by Crippen LogP contribution is 2.40. The van der Waals surface area contributed by atoms with Gasteiger partial charge in [0.15, 0.2) is 5.17 Å². The molecule has 0 aliphatic carbocycles. The molecule has 39 heavy (non-hydrogen) atoms.